The van der Waals surface area contributed by atoms with Crippen LogP contribution >= 0.6 is 0 Å². The summed E-state index contributed by atoms with van der Waals surface area (Å²) in [6.45, 7) is 4.78. The van der Waals surface area contributed by atoms with E-state index in [-0.39, 0.29) is 46.8 Å². The zero-order chi connectivity index (χ0) is 22.0. The van der Waals surface area contributed by atoms with Gasteiger partial charge in [0.1, 0.15) is 11.2 Å². The number of fused-ring (bicyclic) bond motifs is 2. The number of hydrogen-bond acceptors (Lipinski definition) is 7. The molecular weight excluding hydrogens is 398 g/mol. The number of piperidine rings is 1. The van der Waals surface area contributed by atoms with Crippen molar-refractivity contribution >= 4 is 0 Å². The largest absolute Gasteiger partial charge is 0.390 e. The third-order valence-corrected chi connectivity index (χ3v) is 11.3. The monoisotopic (exact) mass is 437 g/mol. The fourth-order valence-electron chi connectivity index (χ4n) is 10.6. The molecular formula is C24H39NO6. The van der Waals surface area contributed by atoms with Gasteiger partial charge < -0.3 is 29.5 Å². The molecule has 0 radical (unpaired) electrons. The van der Waals surface area contributed by atoms with Crippen molar-refractivity contribution < 1.29 is 29.5 Å². The molecule has 7 bridgehead atoms. The zero-order valence-corrected chi connectivity index (χ0v) is 19.3. The quantitative estimate of drug-likeness (QED) is 0.582. The Morgan fingerprint density at radius 3 is 2.48 bits per heavy atom. The maximum atomic E-state index is 12.4. The van der Waals surface area contributed by atoms with Gasteiger partial charge >= 0.3 is 0 Å². The molecule has 31 heavy (non-hydrogen) atoms. The van der Waals surface area contributed by atoms with Gasteiger partial charge in [-0.15, -0.1) is 0 Å². The van der Waals surface area contributed by atoms with Gasteiger partial charge in [-0.3, -0.25) is 4.90 Å². The number of ether oxygens (including phenoxy) is 3. The molecule has 7 nitrogen and oxygen atoms in total. The Morgan fingerprint density at radius 1 is 1.06 bits per heavy atom. The summed E-state index contributed by atoms with van der Waals surface area (Å²) in [5.41, 5.74) is -3.15. The van der Waals surface area contributed by atoms with Crippen LogP contribution in [-0.2, 0) is 14.2 Å². The van der Waals surface area contributed by atoms with E-state index < -0.39 is 17.3 Å². The summed E-state index contributed by atoms with van der Waals surface area (Å²) in [4.78, 5) is 2.57. The van der Waals surface area contributed by atoms with Gasteiger partial charge in [0, 0.05) is 68.9 Å². The standard InChI is InChI=1S/C24H39NO6/c1-5-25-11-21(12-29-2)7-6-18(31-4)23-16(21)9-14(19(23)25)22(27)10-15(30-3)13-8-17(23)24(22,28)20(13)26/h13-20,26-28H,5-12H2,1-4H3/t13-,14+,15+,16-,17+,18+,19?,20+,21+,22+,23+,24+/m1/s1. The van der Waals surface area contributed by atoms with Gasteiger partial charge in [0.25, 0.3) is 0 Å². The first-order chi connectivity index (χ1) is 14.8. The van der Waals surface area contributed by atoms with Crippen LogP contribution in [0.1, 0.15) is 39.0 Å². The molecule has 6 fully saturated rings. The minimum atomic E-state index is -1.51. The van der Waals surface area contributed by atoms with Crippen molar-refractivity contribution in [3.05, 3.63) is 0 Å². The highest BCUT2D eigenvalue weighted by Crippen LogP contribution is 2.80. The average Bonchev–Trinajstić information content (AvgIpc) is 3.14. The third kappa shape index (κ3) is 2.01. The Morgan fingerprint density at radius 2 is 1.84 bits per heavy atom. The van der Waals surface area contributed by atoms with E-state index in [1.54, 1.807) is 14.2 Å². The fraction of sp³-hybridized carbons (Fsp3) is 1.00. The number of aliphatic hydroxyl groups excluding tert-OH is 1. The van der Waals surface area contributed by atoms with Crippen molar-refractivity contribution in [1.82, 2.24) is 4.90 Å². The van der Waals surface area contributed by atoms with Gasteiger partial charge in [0.2, 0.25) is 0 Å². The normalized spacial score (nSPS) is 61.6. The van der Waals surface area contributed by atoms with Gasteiger partial charge in [-0.25, -0.2) is 0 Å². The molecule has 1 unspecified atom stereocenters. The van der Waals surface area contributed by atoms with Crippen LogP contribution < -0.4 is 0 Å². The van der Waals surface area contributed by atoms with Crippen molar-refractivity contribution in [2.45, 2.75) is 74.6 Å². The summed E-state index contributed by atoms with van der Waals surface area (Å²) < 4.78 is 17.9. The molecule has 6 rings (SSSR count). The molecule has 1 saturated heterocycles. The minimum Gasteiger partial charge on any atom is -0.390 e. The number of hydrogen-bond donors (Lipinski definition) is 3. The van der Waals surface area contributed by atoms with Gasteiger partial charge in [-0.2, -0.15) is 0 Å². The first-order valence-corrected chi connectivity index (χ1v) is 12.2. The minimum absolute atomic E-state index is 0.0000932. The number of rotatable bonds is 5. The molecule has 0 amide bonds. The number of likely N-dealkylation sites (tertiary alicyclic amines) is 1. The smallest absolute Gasteiger partial charge is 0.123 e. The Bertz CT molecular complexity index is 766. The Balaban J connectivity index is 1.62. The molecule has 176 valence electrons. The lowest BCUT2D eigenvalue weighted by Crippen LogP contribution is -2.82. The van der Waals surface area contributed by atoms with E-state index in [0.717, 1.165) is 32.4 Å². The molecule has 5 saturated carbocycles. The van der Waals surface area contributed by atoms with E-state index in [0.29, 0.717) is 25.4 Å². The maximum Gasteiger partial charge on any atom is 0.123 e. The van der Waals surface area contributed by atoms with E-state index >= 15 is 0 Å². The Labute approximate surface area is 185 Å². The van der Waals surface area contributed by atoms with Crippen molar-refractivity contribution in [2.24, 2.45) is 34.5 Å². The van der Waals surface area contributed by atoms with E-state index in [1.807, 2.05) is 7.11 Å². The molecule has 1 heterocycles. The van der Waals surface area contributed by atoms with E-state index in [1.165, 1.54) is 0 Å². The summed E-state index contributed by atoms with van der Waals surface area (Å²) in [7, 11) is 5.27. The third-order valence-electron chi connectivity index (χ3n) is 11.3. The van der Waals surface area contributed by atoms with Crippen LogP contribution in [0.15, 0.2) is 0 Å². The second kappa shape index (κ2) is 6.44. The summed E-state index contributed by atoms with van der Waals surface area (Å²) in [5, 5.41) is 36.1. The van der Waals surface area contributed by atoms with Gasteiger partial charge in [0.05, 0.1) is 24.9 Å². The molecule has 12 atom stereocenters. The lowest BCUT2D eigenvalue weighted by molar-refractivity contribution is -0.333. The van der Waals surface area contributed by atoms with Crippen LogP contribution in [0.25, 0.3) is 0 Å². The van der Waals surface area contributed by atoms with Crippen LogP contribution in [-0.4, -0.2) is 96.8 Å². The van der Waals surface area contributed by atoms with Crippen LogP contribution in [0, 0.1) is 34.5 Å². The van der Waals surface area contributed by atoms with Crippen LogP contribution in [0.3, 0.4) is 0 Å². The van der Waals surface area contributed by atoms with Gasteiger partial charge in [0.15, 0.2) is 0 Å². The maximum absolute atomic E-state index is 12.4. The lowest BCUT2D eigenvalue weighted by atomic mass is 9.42. The van der Waals surface area contributed by atoms with E-state index in [4.69, 9.17) is 14.2 Å². The van der Waals surface area contributed by atoms with Crippen molar-refractivity contribution in [2.75, 3.05) is 41.0 Å². The van der Waals surface area contributed by atoms with Crippen molar-refractivity contribution in [3.63, 3.8) is 0 Å². The fourth-order valence-corrected chi connectivity index (χ4v) is 10.6. The van der Waals surface area contributed by atoms with Gasteiger partial charge in [-0.1, -0.05) is 6.92 Å². The SMILES string of the molecule is CCN1C[C@]2(COC)CC[C@H](OC)[C@]34C1[C@H](C[C@H]23)[C@@]1(O)C[C@H](OC)[C@H]2C[C@@H]4[C@]1(O)[C@H]2O. The highest BCUT2D eigenvalue weighted by Gasteiger charge is 2.88. The van der Waals surface area contributed by atoms with Crippen LogP contribution in [0.5, 0.6) is 0 Å². The number of aliphatic hydroxyl groups is 3. The predicted molar refractivity (Wildman–Crippen MR) is 112 cm³/mol. The topological polar surface area (TPSA) is 91.6 Å². The molecule has 1 spiro atoms. The second-order valence-electron chi connectivity index (χ2n) is 11.6. The molecule has 0 aromatic heterocycles. The summed E-state index contributed by atoms with van der Waals surface area (Å²) in [6.07, 6.45) is 2.73. The number of nitrogens with zero attached hydrogens (tertiary/aromatic N) is 1. The van der Waals surface area contributed by atoms with Gasteiger partial charge in [-0.05, 0) is 38.1 Å². The predicted octanol–water partition coefficient (Wildman–Crippen LogP) is 0.646. The zero-order valence-electron chi connectivity index (χ0n) is 19.3. The summed E-state index contributed by atoms with van der Waals surface area (Å²) >= 11 is 0. The summed E-state index contributed by atoms with van der Waals surface area (Å²) in [6, 6.07) is 0.148. The number of methoxy groups -OCH3 is 3. The summed E-state index contributed by atoms with van der Waals surface area (Å²) in [5.74, 6) is -0.164. The van der Waals surface area contributed by atoms with Crippen molar-refractivity contribution in [1.29, 1.82) is 0 Å². The first kappa shape index (κ1) is 21.3. The molecule has 0 aromatic carbocycles. The van der Waals surface area contributed by atoms with Crippen LogP contribution in [0.4, 0.5) is 0 Å². The highest BCUT2D eigenvalue weighted by atomic mass is 16.5. The Kier molecular flexibility index (Phi) is 4.41. The molecule has 5 aliphatic carbocycles. The molecule has 6 aliphatic rings. The first-order valence-electron chi connectivity index (χ1n) is 12.2. The lowest BCUT2D eigenvalue weighted by Gasteiger charge is -2.71. The second-order valence-corrected chi connectivity index (χ2v) is 11.6. The molecule has 3 N–H and O–H groups in total. The van der Waals surface area contributed by atoms with E-state index in [9.17, 15) is 15.3 Å². The highest BCUT2D eigenvalue weighted by molar-refractivity contribution is 5.38. The van der Waals surface area contributed by atoms with Crippen LogP contribution in [0.2, 0.25) is 0 Å². The average molecular weight is 438 g/mol. The van der Waals surface area contributed by atoms with E-state index in [2.05, 4.69) is 11.8 Å². The Hall–Kier alpha value is -0.280. The molecule has 1 aliphatic heterocycles. The molecule has 0 aromatic rings. The van der Waals surface area contributed by atoms with Crippen molar-refractivity contribution in [3.8, 4) is 0 Å². The molecule has 7 heteroatoms.